The smallest absolute Gasteiger partial charge is 0.351 e. The Morgan fingerprint density at radius 3 is 2.42 bits per heavy atom. The molecule has 0 atom stereocenters. The van der Waals surface area contributed by atoms with Crippen LogP contribution in [0.5, 0.6) is 0 Å². The van der Waals surface area contributed by atoms with Gasteiger partial charge < -0.3 is 5.32 Å². The van der Waals surface area contributed by atoms with E-state index >= 15 is 0 Å². The van der Waals surface area contributed by atoms with Crippen molar-refractivity contribution in [1.29, 1.82) is 0 Å². The summed E-state index contributed by atoms with van der Waals surface area (Å²) in [5.74, 6) is -0.937. The van der Waals surface area contributed by atoms with Crippen molar-refractivity contribution in [3.63, 3.8) is 0 Å². The SMILES string of the molecule is Cc1n[nH]c(C)c1S(=O)(=O)NCCNC(=O)c1ccccc1C(F)(F)F. The van der Waals surface area contributed by atoms with Gasteiger partial charge in [0.05, 0.1) is 22.5 Å². The minimum Gasteiger partial charge on any atom is -0.351 e. The molecule has 11 heteroatoms. The molecule has 2 aromatic rings. The fraction of sp³-hybridized carbons (Fsp3) is 0.333. The average molecular weight is 390 g/mol. The van der Waals surface area contributed by atoms with E-state index in [0.717, 1.165) is 12.1 Å². The Morgan fingerprint density at radius 1 is 1.19 bits per heavy atom. The summed E-state index contributed by atoms with van der Waals surface area (Å²) < 4.78 is 65.4. The Balaban J connectivity index is 1.98. The highest BCUT2D eigenvalue weighted by atomic mass is 32.2. The van der Waals surface area contributed by atoms with Crippen LogP contribution in [0.4, 0.5) is 13.2 Å². The molecule has 142 valence electrons. The van der Waals surface area contributed by atoms with Crippen LogP contribution in [0.2, 0.25) is 0 Å². The fourth-order valence-electron chi connectivity index (χ4n) is 2.39. The molecule has 0 unspecified atom stereocenters. The van der Waals surface area contributed by atoms with Crippen LogP contribution in [-0.4, -0.2) is 37.6 Å². The van der Waals surface area contributed by atoms with E-state index in [4.69, 9.17) is 0 Å². The maximum atomic E-state index is 12.9. The maximum Gasteiger partial charge on any atom is 0.417 e. The molecule has 0 fully saturated rings. The van der Waals surface area contributed by atoms with Gasteiger partial charge in [-0.15, -0.1) is 0 Å². The largest absolute Gasteiger partial charge is 0.417 e. The third kappa shape index (κ3) is 4.41. The van der Waals surface area contributed by atoms with Gasteiger partial charge in [0.25, 0.3) is 5.91 Å². The normalized spacial score (nSPS) is 12.2. The Morgan fingerprint density at radius 2 is 1.85 bits per heavy atom. The Hall–Kier alpha value is -2.40. The van der Waals surface area contributed by atoms with Crippen molar-refractivity contribution in [3.05, 3.63) is 46.8 Å². The second-order valence-electron chi connectivity index (χ2n) is 5.46. The summed E-state index contributed by atoms with van der Waals surface area (Å²) in [4.78, 5) is 12.0. The number of carbonyl (C=O) groups is 1. The highest BCUT2D eigenvalue weighted by molar-refractivity contribution is 7.89. The summed E-state index contributed by atoms with van der Waals surface area (Å²) in [5.41, 5.74) is -0.927. The number of benzene rings is 1. The number of aromatic amines is 1. The lowest BCUT2D eigenvalue weighted by Crippen LogP contribution is -2.35. The average Bonchev–Trinajstić information content (AvgIpc) is 2.90. The Labute approximate surface area is 148 Å². The fourth-order valence-corrected chi connectivity index (χ4v) is 3.79. The van der Waals surface area contributed by atoms with Crippen molar-refractivity contribution < 1.29 is 26.4 Å². The molecular formula is C15H17F3N4O3S. The number of hydrogen-bond donors (Lipinski definition) is 3. The molecule has 26 heavy (non-hydrogen) atoms. The molecule has 7 nitrogen and oxygen atoms in total. The molecule has 1 amide bonds. The molecule has 0 spiro atoms. The first-order valence-corrected chi connectivity index (χ1v) is 8.98. The number of amides is 1. The predicted octanol–water partition coefficient (Wildman–Crippen LogP) is 1.75. The van der Waals surface area contributed by atoms with Gasteiger partial charge in [-0.25, -0.2) is 13.1 Å². The first-order chi connectivity index (χ1) is 12.0. The monoisotopic (exact) mass is 390 g/mol. The third-order valence-corrected chi connectivity index (χ3v) is 5.23. The Kier molecular flexibility index (Phi) is 5.71. The van der Waals surface area contributed by atoms with E-state index in [1.165, 1.54) is 19.1 Å². The van der Waals surface area contributed by atoms with Gasteiger partial charge in [0.15, 0.2) is 0 Å². The minimum atomic E-state index is -4.66. The van der Waals surface area contributed by atoms with Crippen molar-refractivity contribution in [2.24, 2.45) is 0 Å². The van der Waals surface area contributed by atoms with E-state index in [9.17, 15) is 26.4 Å². The first-order valence-electron chi connectivity index (χ1n) is 7.49. The number of nitrogens with zero attached hydrogens (tertiary/aromatic N) is 1. The zero-order valence-electron chi connectivity index (χ0n) is 13.9. The van der Waals surface area contributed by atoms with Crippen LogP contribution in [0.15, 0.2) is 29.2 Å². The minimum absolute atomic E-state index is 0.00578. The molecule has 0 saturated carbocycles. The quantitative estimate of drug-likeness (QED) is 0.654. The molecule has 0 radical (unpaired) electrons. The molecule has 0 aliphatic carbocycles. The van der Waals surface area contributed by atoms with E-state index in [1.807, 2.05) is 0 Å². The summed E-state index contributed by atoms with van der Waals surface area (Å²) >= 11 is 0. The molecule has 1 heterocycles. The predicted molar refractivity (Wildman–Crippen MR) is 87.0 cm³/mol. The number of rotatable bonds is 6. The van der Waals surface area contributed by atoms with Gasteiger partial charge in [0, 0.05) is 13.1 Å². The van der Waals surface area contributed by atoms with E-state index in [0.29, 0.717) is 5.69 Å². The zero-order chi connectivity index (χ0) is 19.5. The topological polar surface area (TPSA) is 104 Å². The summed E-state index contributed by atoms with van der Waals surface area (Å²) in [6.07, 6.45) is -4.66. The van der Waals surface area contributed by atoms with Crippen LogP contribution in [0.25, 0.3) is 0 Å². The lowest BCUT2D eigenvalue weighted by molar-refractivity contribution is -0.137. The second kappa shape index (κ2) is 7.46. The molecule has 3 N–H and O–H groups in total. The van der Waals surface area contributed by atoms with Crippen molar-refractivity contribution >= 4 is 15.9 Å². The van der Waals surface area contributed by atoms with Crippen LogP contribution in [-0.2, 0) is 16.2 Å². The molecule has 0 saturated heterocycles. The van der Waals surface area contributed by atoms with Gasteiger partial charge >= 0.3 is 6.18 Å². The van der Waals surface area contributed by atoms with Gasteiger partial charge in [-0.1, -0.05) is 12.1 Å². The molecule has 1 aromatic carbocycles. The molecule has 0 bridgehead atoms. The van der Waals surface area contributed by atoms with Crippen molar-refractivity contribution in [1.82, 2.24) is 20.2 Å². The number of hydrogen-bond acceptors (Lipinski definition) is 4. The van der Waals surface area contributed by atoms with Crippen LogP contribution in [0.1, 0.15) is 27.3 Å². The number of H-pyrrole nitrogens is 1. The number of nitrogens with one attached hydrogen (secondary N) is 3. The van der Waals surface area contributed by atoms with Crippen molar-refractivity contribution in [2.45, 2.75) is 24.9 Å². The maximum absolute atomic E-state index is 12.9. The van der Waals surface area contributed by atoms with Crippen LogP contribution < -0.4 is 10.0 Å². The van der Waals surface area contributed by atoms with Crippen molar-refractivity contribution in [2.75, 3.05) is 13.1 Å². The van der Waals surface area contributed by atoms with Crippen LogP contribution in [0, 0.1) is 13.8 Å². The third-order valence-electron chi connectivity index (χ3n) is 3.51. The number of aryl methyl sites for hydroxylation is 2. The van der Waals surface area contributed by atoms with Gasteiger partial charge in [-0.05, 0) is 26.0 Å². The second-order valence-corrected chi connectivity index (χ2v) is 7.16. The summed E-state index contributed by atoms with van der Waals surface area (Å²) in [6.45, 7) is 2.70. The van der Waals surface area contributed by atoms with Crippen LogP contribution in [0.3, 0.4) is 0 Å². The summed E-state index contributed by atoms with van der Waals surface area (Å²) in [7, 11) is -3.85. The van der Waals surface area contributed by atoms with E-state index in [-0.39, 0.29) is 23.7 Å². The Bertz CT molecular complexity index is 888. The number of halogens is 3. The van der Waals surface area contributed by atoms with E-state index in [1.54, 1.807) is 6.92 Å². The van der Waals surface area contributed by atoms with Gasteiger partial charge in [-0.2, -0.15) is 18.3 Å². The number of sulfonamides is 1. The molecule has 1 aromatic heterocycles. The number of alkyl halides is 3. The zero-order valence-corrected chi connectivity index (χ0v) is 14.8. The standard InChI is InChI=1S/C15H17F3N4O3S/c1-9-13(10(2)22-21-9)26(24,25)20-8-7-19-14(23)11-5-3-4-6-12(11)15(16,17)18/h3-6,20H,7-8H2,1-2H3,(H,19,23)(H,21,22). The van der Waals surface area contributed by atoms with Gasteiger partial charge in [-0.3, -0.25) is 9.89 Å². The summed E-state index contributed by atoms with van der Waals surface area (Å²) in [6, 6.07) is 4.36. The van der Waals surface area contributed by atoms with Crippen molar-refractivity contribution in [3.8, 4) is 0 Å². The number of aromatic nitrogens is 2. The van der Waals surface area contributed by atoms with Crippen LogP contribution >= 0.6 is 0 Å². The lowest BCUT2D eigenvalue weighted by atomic mass is 10.1. The van der Waals surface area contributed by atoms with Gasteiger partial charge in [0.1, 0.15) is 4.90 Å². The molecule has 2 rings (SSSR count). The number of carbonyl (C=O) groups excluding carboxylic acids is 1. The van der Waals surface area contributed by atoms with Gasteiger partial charge in [0.2, 0.25) is 10.0 Å². The van der Waals surface area contributed by atoms with E-state index < -0.39 is 33.2 Å². The molecular weight excluding hydrogens is 373 g/mol. The highest BCUT2D eigenvalue weighted by Crippen LogP contribution is 2.31. The highest BCUT2D eigenvalue weighted by Gasteiger charge is 2.34. The molecule has 0 aliphatic rings. The lowest BCUT2D eigenvalue weighted by Gasteiger charge is -2.13. The summed E-state index contributed by atoms with van der Waals surface area (Å²) in [5, 5.41) is 8.61. The molecule has 0 aliphatic heterocycles. The van der Waals surface area contributed by atoms with E-state index in [2.05, 4.69) is 20.2 Å². The first kappa shape index (κ1) is 19.9.